The van der Waals surface area contributed by atoms with Crippen molar-refractivity contribution in [2.24, 2.45) is 0 Å². The molecule has 1 aliphatic rings. The van der Waals surface area contributed by atoms with E-state index in [4.69, 9.17) is 5.11 Å². The molecule has 1 aromatic rings. The van der Waals surface area contributed by atoms with Gasteiger partial charge >= 0.3 is 16.2 Å². The molecule has 0 amide bonds. The predicted molar refractivity (Wildman–Crippen MR) is 75.1 cm³/mol. The molecule has 0 aliphatic carbocycles. The summed E-state index contributed by atoms with van der Waals surface area (Å²) in [6, 6.07) is 0. The van der Waals surface area contributed by atoms with Gasteiger partial charge in [-0.05, 0) is 19.8 Å². The lowest BCUT2D eigenvalue weighted by molar-refractivity contribution is 0.0697. The van der Waals surface area contributed by atoms with Gasteiger partial charge in [0, 0.05) is 25.0 Å². The number of nitrogens with zero attached hydrogens (tertiary/aromatic N) is 1. The maximum atomic E-state index is 12.3. The van der Waals surface area contributed by atoms with Crippen molar-refractivity contribution < 1.29 is 18.3 Å². The molecule has 1 saturated heterocycles. The molecule has 0 unspecified atom stereocenters. The minimum Gasteiger partial charge on any atom is -0.478 e. The third kappa shape index (κ3) is 3.13. The first-order valence-corrected chi connectivity index (χ1v) is 8.05. The van der Waals surface area contributed by atoms with Crippen LogP contribution in [0.15, 0.2) is 6.20 Å². The van der Waals surface area contributed by atoms with E-state index >= 15 is 0 Å². The van der Waals surface area contributed by atoms with Gasteiger partial charge in [0.05, 0.1) is 5.69 Å². The van der Waals surface area contributed by atoms with E-state index in [1.165, 1.54) is 10.5 Å². The van der Waals surface area contributed by atoms with Gasteiger partial charge in [0.15, 0.2) is 0 Å². The van der Waals surface area contributed by atoms with Crippen LogP contribution in [0.3, 0.4) is 0 Å². The lowest BCUT2D eigenvalue weighted by atomic mass is 10.2. The summed E-state index contributed by atoms with van der Waals surface area (Å²) in [6.07, 6.45) is 5.08. The molecular formula is C12H19N3O4S. The molecule has 112 valence electrons. The number of aromatic nitrogens is 1. The van der Waals surface area contributed by atoms with Gasteiger partial charge < -0.3 is 10.1 Å². The van der Waals surface area contributed by atoms with Crippen molar-refractivity contribution in [2.45, 2.75) is 32.6 Å². The maximum Gasteiger partial charge on any atom is 0.339 e. The molecule has 8 heteroatoms. The van der Waals surface area contributed by atoms with E-state index in [1.807, 2.05) is 0 Å². The molecule has 0 radical (unpaired) electrons. The summed E-state index contributed by atoms with van der Waals surface area (Å²) in [4.78, 5) is 13.9. The second kappa shape index (κ2) is 5.84. The molecule has 20 heavy (non-hydrogen) atoms. The van der Waals surface area contributed by atoms with Crippen molar-refractivity contribution in [2.75, 3.05) is 17.8 Å². The number of aryl methyl sites for hydroxylation is 1. The Labute approximate surface area is 118 Å². The third-order valence-corrected chi connectivity index (χ3v) is 4.96. The predicted octanol–water partition coefficient (Wildman–Crippen LogP) is 1.55. The van der Waals surface area contributed by atoms with Crippen LogP contribution in [0.1, 0.15) is 41.7 Å². The van der Waals surface area contributed by atoms with E-state index < -0.39 is 16.2 Å². The Bertz CT molecular complexity index is 586. The monoisotopic (exact) mass is 301 g/mol. The van der Waals surface area contributed by atoms with Crippen molar-refractivity contribution in [1.82, 2.24) is 9.29 Å². The van der Waals surface area contributed by atoms with Gasteiger partial charge in [0.2, 0.25) is 0 Å². The first-order valence-electron chi connectivity index (χ1n) is 6.61. The quantitative estimate of drug-likeness (QED) is 0.785. The summed E-state index contributed by atoms with van der Waals surface area (Å²) in [5.74, 6) is -1.16. The Kier molecular flexibility index (Phi) is 4.34. The van der Waals surface area contributed by atoms with E-state index in [1.54, 1.807) is 6.92 Å². The Hall–Kier alpha value is -1.54. The summed E-state index contributed by atoms with van der Waals surface area (Å²) in [6.45, 7) is 2.54. The molecule has 0 aromatic carbocycles. The number of hydrogen-bond acceptors (Lipinski definition) is 3. The van der Waals surface area contributed by atoms with Crippen LogP contribution in [-0.2, 0) is 10.2 Å². The number of aromatic carboxylic acids is 1. The number of aromatic amines is 1. The van der Waals surface area contributed by atoms with Crippen LogP contribution >= 0.6 is 0 Å². The minimum atomic E-state index is -3.70. The molecule has 2 rings (SSSR count). The smallest absolute Gasteiger partial charge is 0.339 e. The summed E-state index contributed by atoms with van der Waals surface area (Å²) >= 11 is 0. The molecule has 7 nitrogen and oxygen atoms in total. The van der Waals surface area contributed by atoms with E-state index in [9.17, 15) is 13.2 Å². The molecule has 0 spiro atoms. The molecule has 1 fully saturated rings. The molecule has 1 aliphatic heterocycles. The van der Waals surface area contributed by atoms with E-state index in [0.29, 0.717) is 18.8 Å². The van der Waals surface area contributed by atoms with Crippen molar-refractivity contribution in [1.29, 1.82) is 0 Å². The molecule has 2 heterocycles. The Balaban J connectivity index is 2.21. The second-order valence-corrected chi connectivity index (χ2v) is 6.60. The van der Waals surface area contributed by atoms with Crippen molar-refractivity contribution in [3.8, 4) is 0 Å². The fourth-order valence-electron chi connectivity index (χ4n) is 2.37. The van der Waals surface area contributed by atoms with Crippen LogP contribution in [0.2, 0.25) is 0 Å². The van der Waals surface area contributed by atoms with Gasteiger partial charge in [-0.25, -0.2) is 4.79 Å². The fourth-order valence-corrected chi connectivity index (χ4v) is 3.68. The van der Waals surface area contributed by atoms with Gasteiger partial charge in [-0.3, -0.25) is 4.72 Å². The number of carboxylic acids is 1. The summed E-state index contributed by atoms with van der Waals surface area (Å²) in [7, 11) is -3.70. The van der Waals surface area contributed by atoms with Gasteiger partial charge in [-0.2, -0.15) is 12.7 Å². The molecular weight excluding hydrogens is 282 g/mol. The number of rotatable bonds is 4. The summed E-state index contributed by atoms with van der Waals surface area (Å²) < 4.78 is 28.4. The lowest BCUT2D eigenvalue weighted by Gasteiger charge is -2.20. The topological polar surface area (TPSA) is 103 Å². The van der Waals surface area contributed by atoms with Crippen molar-refractivity contribution in [3.63, 3.8) is 0 Å². The van der Waals surface area contributed by atoms with Crippen LogP contribution in [0, 0.1) is 6.92 Å². The number of nitrogens with one attached hydrogen (secondary N) is 2. The largest absolute Gasteiger partial charge is 0.478 e. The van der Waals surface area contributed by atoms with Gasteiger partial charge in [-0.15, -0.1) is 0 Å². The first-order chi connectivity index (χ1) is 9.42. The highest BCUT2D eigenvalue weighted by Gasteiger charge is 2.26. The second-order valence-electron chi connectivity index (χ2n) is 4.93. The zero-order chi connectivity index (χ0) is 14.8. The van der Waals surface area contributed by atoms with Crippen molar-refractivity contribution >= 4 is 21.9 Å². The average molecular weight is 301 g/mol. The first kappa shape index (κ1) is 14.9. The summed E-state index contributed by atoms with van der Waals surface area (Å²) in [5, 5.41) is 9.12. The number of H-pyrrole nitrogens is 1. The van der Waals surface area contributed by atoms with Crippen LogP contribution in [0.4, 0.5) is 5.69 Å². The van der Waals surface area contributed by atoms with Crippen molar-refractivity contribution in [3.05, 3.63) is 17.5 Å². The van der Waals surface area contributed by atoms with Crippen LogP contribution in [0.25, 0.3) is 0 Å². The highest BCUT2D eigenvalue weighted by molar-refractivity contribution is 7.90. The van der Waals surface area contributed by atoms with Crippen LogP contribution in [-0.4, -0.2) is 41.9 Å². The highest BCUT2D eigenvalue weighted by Crippen LogP contribution is 2.22. The zero-order valence-corrected chi connectivity index (χ0v) is 12.2. The normalized spacial score (nSPS) is 17.6. The van der Waals surface area contributed by atoms with E-state index in [0.717, 1.165) is 25.7 Å². The number of anilines is 1. The zero-order valence-electron chi connectivity index (χ0n) is 11.3. The molecule has 0 atom stereocenters. The average Bonchev–Trinajstić information content (AvgIpc) is 2.59. The molecule has 1 aromatic heterocycles. The van der Waals surface area contributed by atoms with Gasteiger partial charge in [0.1, 0.15) is 5.56 Å². The minimum absolute atomic E-state index is 0.0385. The fraction of sp³-hybridized carbons (Fsp3) is 0.583. The SMILES string of the molecule is Cc1[nH]cc(NS(=O)(=O)N2CCCCCC2)c1C(=O)O. The highest BCUT2D eigenvalue weighted by atomic mass is 32.2. The molecule has 3 N–H and O–H groups in total. The van der Waals surface area contributed by atoms with Crippen LogP contribution < -0.4 is 4.72 Å². The lowest BCUT2D eigenvalue weighted by Crippen LogP contribution is -2.36. The number of carboxylic acid groups (broad SMARTS) is 1. The summed E-state index contributed by atoms with van der Waals surface area (Å²) in [5.41, 5.74) is 0.466. The standard InChI is InChI=1S/C12H19N3O4S/c1-9-11(12(16)17)10(8-13-9)14-20(18,19)15-6-4-2-3-5-7-15/h8,13-14H,2-7H2,1H3,(H,16,17). The third-order valence-electron chi connectivity index (χ3n) is 3.44. The molecule has 0 bridgehead atoms. The number of carbonyl (C=O) groups is 1. The Morgan fingerprint density at radius 2 is 1.90 bits per heavy atom. The Morgan fingerprint density at radius 1 is 1.30 bits per heavy atom. The number of hydrogen-bond donors (Lipinski definition) is 3. The Morgan fingerprint density at radius 3 is 2.45 bits per heavy atom. The molecule has 0 saturated carbocycles. The van der Waals surface area contributed by atoms with Gasteiger partial charge in [-0.1, -0.05) is 12.8 Å². The van der Waals surface area contributed by atoms with Crippen LogP contribution in [0.5, 0.6) is 0 Å². The van der Waals surface area contributed by atoms with E-state index in [-0.39, 0.29) is 11.3 Å². The van der Waals surface area contributed by atoms with E-state index in [2.05, 4.69) is 9.71 Å². The maximum absolute atomic E-state index is 12.3. The van der Waals surface area contributed by atoms with Gasteiger partial charge in [0.25, 0.3) is 0 Å².